The van der Waals surface area contributed by atoms with Crippen molar-refractivity contribution >= 4 is 16.9 Å². The highest BCUT2D eigenvalue weighted by atomic mass is 16.5. The van der Waals surface area contributed by atoms with Crippen molar-refractivity contribution in [2.24, 2.45) is 0 Å². The van der Waals surface area contributed by atoms with Crippen LogP contribution in [0.4, 0.5) is 0 Å². The molecule has 102 valence electrons. The molecule has 0 radical (unpaired) electrons. The Labute approximate surface area is 112 Å². The van der Waals surface area contributed by atoms with Crippen LogP contribution >= 0.6 is 0 Å². The predicted octanol–water partition coefficient (Wildman–Crippen LogP) is 2.00. The van der Waals surface area contributed by atoms with Gasteiger partial charge in [-0.25, -0.2) is 4.98 Å². The van der Waals surface area contributed by atoms with Gasteiger partial charge in [0.2, 0.25) is 5.91 Å². The second-order valence-electron chi connectivity index (χ2n) is 4.38. The summed E-state index contributed by atoms with van der Waals surface area (Å²) in [5.41, 5.74) is 1.89. The number of imidazole rings is 1. The number of aromatic amines is 1. The minimum atomic E-state index is -0.114. The predicted molar refractivity (Wildman–Crippen MR) is 73.7 cm³/mol. The largest absolute Gasteiger partial charge is 0.372 e. The van der Waals surface area contributed by atoms with Crippen LogP contribution < -0.4 is 5.32 Å². The molecule has 0 bridgehead atoms. The molecule has 5 heteroatoms. The van der Waals surface area contributed by atoms with Crippen LogP contribution in [0.25, 0.3) is 11.0 Å². The molecule has 0 saturated carbocycles. The topological polar surface area (TPSA) is 67.0 Å². The zero-order valence-corrected chi connectivity index (χ0v) is 11.1. The summed E-state index contributed by atoms with van der Waals surface area (Å²) in [5, 5.41) is 2.78. The molecule has 2 rings (SSSR count). The highest BCUT2D eigenvalue weighted by Crippen LogP contribution is 2.09. The van der Waals surface area contributed by atoms with Crippen LogP contribution in [0.3, 0.4) is 0 Å². The minimum Gasteiger partial charge on any atom is -0.372 e. The monoisotopic (exact) mass is 261 g/mol. The van der Waals surface area contributed by atoms with Gasteiger partial charge in [0.1, 0.15) is 12.4 Å². The number of benzene rings is 1. The summed E-state index contributed by atoms with van der Waals surface area (Å²) in [6.45, 7) is 3.23. The SMILES string of the molecule is CCCCOCC(=O)NCc1nc2ccccc2[nH]1. The molecule has 0 atom stereocenters. The average Bonchev–Trinajstić information content (AvgIpc) is 2.84. The van der Waals surface area contributed by atoms with Gasteiger partial charge in [0, 0.05) is 6.61 Å². The summed E-state index contributed by atoms with van der Waals surface area (Å²) in [4.78, 5) is 19.1. The van der Waals surface area contributed by atoms with Crippen LogP contribution in [0.5, 0.6) is 0 Å². The first kappa shape index (κ1) is 13.5. The van der Waals surface area contributed by atoms with E-state index in [4.69, 9.17) is 4.74 Å². The van der Waals surface area contributed by atoms with Gasteiger partial charge in [-0.15, -0.1) is 0 Å². The van der Waals surface area contributed by atoms with Crippen molar-refractivity contribution in [3.05, 3.63) is 30.1 Å². The van der Waals surface area contributed by atoms with E-state index in [1.165, 1.54) is 0 Å². The summed E-state index contributed by atoms with van der Waals surface area (Å²) in [7, 11) is 0. The lowest BCUT2D eigenvalue weighted by Gasteiger charge is -2.04. The number of fused-ring (bicyclic) bond motifs is 1. The molecule has 19 heavy (non-hydrogen) atoms. The molecule has 2 N–H and O–H groups in total. The first-order chi connectivity index (χ1) is 9.29. The van der Waals surface area contributed by atoms with E-state index in [9.17, 15) is 4.79 Å². The Balaban J connectivity index is 1.77. The fourth-order valence-corrected chi connectivity index (χ4v) is 1.73. The molecule has 5 nitrogen and oxygen atoms in total. The third-order valence-corrected chi connectivity index (χ3v) is 2.77. The first-order valence-corrected chi connectivity index (χ1v) is 6.57. The van der Waals surface area contributed by atoms with E-state index in [0.29, 0.717) is 13.2 Å². The quantitative estimate of drug-likeness (QED) is 0.749. The highest BCUT2D eigenvalue weighted by molar-refractivity contribution is 5.77. The summed E-state index contributed by atoms with van der Waals surface area (Å²) < 4.78 is 5.24. The summed E-state index contributed by atoms with van der Waals surface area (Å²) in [6.07, 6.45) is 2.05. The molecule has 0 spiro atoms. The third-order valence-electron chi connectivity index (χ3n) is 2.77. The van der Waals surface area contributed by atoms with E-state index < -0.39 is 0 Å². The molecular weight excluding hydrogens is 242 g/mol. The van der Waals surface area contributed by atoms with E-state index in [1.807, 2.05) is 24.3 Å². The fraction of sp³-hybridized carbons (Fsp3) is 0.429. The number of carbonyl (C=O) groups excluding carboxylic acids is 1. The van der Waals surface area contributed by atoms with Gasteiger partial charge in [-0.1, -0.05) is 25.5 Å². The summed E-state index contributed by atoms with van der Waals surface area (Å²) >= 11 is 0. The van der Waals surface area contributed by atoms with Crippen LogP contribution in [-0.2, 0) is 16.1 Å². The zero-order valence-electron chi connectivity index (χ0n) is 11.1. The van der Waals surface area contributed by atoms with Gasteiger partial charge in [-0.05, 0) is 18.6 Å². The Bertz CT molecular complexity index is 503. The summed E-state index contributed by atoms with van der Waals surface area (Å²) in [5.74, 6) is 0.639. The standard InChI is InChI=1S/C14H19N3O2/c1-2-3-8-19-10-14(18)15-9-13-16-11-6-4-5-7-12(11)17-13/h4-7H,2-3,8-10H2,1H3,(H,15,18)(H,16,17). The van der Waals surface area contributed by atoms with Crippen LogP contribution in [0, 0.1) is 0 Å². The number of aromatic nitrogens is 2. The minimum absolute atomic E-state index is 0.111. The van der Waals surface area contributed by atoms with Gasteiger partial charge in [-0.2, -0.15) is 0 Å². The Morgan fingerprint density at radius 3 is 3.05 bits per heavy atom. The molecule has 1 amide bonds. The number of ether oxygens (including phenoxy) is 1. The Morgan fingerprint density at radius 2 is 2.26 bits per heavy atom. The lowest BCUT2D eigenvalue weighted by atomic mass is 10.3. The second-order valence-corrected chi connectivity index (χ2v) is 4.38. The Hall–Kier alpha value is -1.88. The number of unbranched alkanes of at least 4 members (excludes halogenated alkanes) is 1. The van der Waals surface area contributed by atoms with Crippen LogP contribution in [-0.4, -0.2) is 29.1 Å². The maximum absolute atomic E-state index is 11.5. The van der Waals surface area contributed by atoms with Crippen molar-refractivity contribution in [3.8, 4) is 0 Å². The number of para-hydroxylation sites is 2. The molecule has 1 heterocycles. The fourth-order valence-electron chi connectivity index (χ4n) is 1.73. The van der Waals surface area contributed by atoms with Gasteiger partial charge in [0.25, 0.3) is 0 Å². The molecule has 0 saturated heterocycles. The average molecular weight is 261 g/mol. The maximum Gasteiger partial charge on any atom is 0.246 e. The van der Waals surface area contributed by atoms with Crippen molar-refractivity contribution in [1.29, 1.82) is 0 Å². The van der Waals surface area contributed by atoms with Crippen molar-refractivity contribution in [2.75, 3.05) is 13.2 Å². The maximum atomic E-state index is 11.5. The Kier molecular flexibility index (Phi) is 4.92. The number of nitrogens with zero attached hydrogens (tertiary/aromatic N) is 1. The smallest absolute Gasteiger partial charge is 0.246 e. The van der Waals surface area contributed by atoms with E-state index >= 15 is 0 Å². The number of carbonyl (C=O) groups is 1. The van der Waals surface area contributed by atoms with Crippen LogP contribution in [0.15, 0.2) is 24.3 Å². The normalized spacial score (nSPS) is 10.8. The van der Waals surface area contributed by atoms with E-state index in [1.54, 1.807) is 0 Å². The number of nitrogens with one attached hydrogen (secondary N) is 2. The highest BCUT2D eigenvalue weighted by Gasteiger charge is 2.04. The Morgan fingerprint density at radius 1 is 1.42 bits per heavy atom. The van der Waals surface area contributed by atoms with Crippen molar-refractivity contribution in [3.63, 3.8) is 0 Å². The van der Waals surface area contributed by atoms with Gasteiger partial charge in [0.15, 0.2) is 0 Å². The molecule has 0 fully saturated rings. The molecule has 0 unspecified atom stereocenters. The van der Waals surface area contributed by atoms with Gasteiger partial charge >= 0.3 is 0 Å². The second kappa shape index (κ2) is 6.89. The zero-order chi connectivity index (χ0) is 13.5. The van der Waals surface area contributed by atoms with Gasteiger partial charge in [-0.3, -0.25) is 4.79 Å². The van der Waals surface area contributed by atoms with Crippen molar-refractivity contribution < 1.29 is 9.53 Å². The van der Waals surface area contributed by atoms with E-state index in [2.05, 4.69) is 22.2 Å². The number of H-pyrrole nitrogens is 1. The molecule has 0 aliphatic heterocycles. The van der Waals surface area contributed by atoms with Gasteiger partial charge in [0.05, 0.1) is 17.6 Å². The van der Waals surface area contributed by atoms with E-state index in [0.717, 1.165) is 29.7 Å². The molecular formula is C14H19N3O2. The van der Waals surface area contributed by atoms with Gasteiger partial charge < -0.3 is 15.0 Å². The number of rotatable bonds is 7. The third kappa shape index (κ3) is 4.06. The summed E-state index contributed by atoms with van der Waals surface area (Å²) in [6, 6.07) is 7.78. The van der Waals surface area contributed by atoms with Crippen molar-refractivity contribution in [1.82, 2.24) is 15.3 Å². The number of hydrogen-bond acceptors (Lipinski definition) is 3. The van der Waals surface area contributed by atoms with Crippen LogP contribution in [0.1, 0.15) is 25.6 Å². The lowest BCUT2D eigenvalue weighted by molar-refractivity contribution is -0.125. The lowest BCUT2D eigenvalue weighted by Crippen LogP contribution is -2.27. The molecule has 0 aliphatic rings. The molecule has 2 aromatic rings. The number of amides is 1. The van der Waals surface area contributed by atoms with Crippen molar-refractivity contribution in [2.45, 2.75) is 26.3 Å². The molecule has 1 aromatic heterocycles. The molecule has 1 aromatic carbocycles. The van der Waals surface area contributed by atoms with E-state index in [-0.39, 0.29) is 12.5 Å². The molecule has 0 aliphatic carbocycles. The first-order valence-electron chi connectivity index (χ1n) is 6.57. The number of hydrogen-bond donors (Lipinski definition) is 2. The van der Waals surface area contributed by atoms with Crippen LogP contribution in [0.2, 0.25) is 0 Å².